The van der Waals surface area contributed by atoms with Crippen LogP contribution in [0.4, 0.5) is 4.39 Å². The van der Waals surface area contributed by atoms with Crippen LogP contribution in [0.5, 0.6) is 0 Å². The Kier molecular flexibility index (Phi) is 4.45. The van der Waals surface area contributed by atoms with E-state index >= 15 is 0 Å². The zero-order chi connectivity index (χ0) is 15.7. The van der Waals surface area contributed by atoms with Crippen LogP contribution < -0.4 is 0 Å². The Morgan fingerprint density at radius 3 is 2.82 bits per heavy atom. The summed E-state index contributed by atoms with van der Waals surface area (Å²) in [5.74, 6) is -0.203. The van der Waals surface area contributed by atoms with E-state index in [4.69, 9.17) is 9.47 Å². The summed E-state index contributed by atoms with van der Waals surface area (Å²) in [5, 5.41) is 0. The smallest absolute Gasteiger partial charge is 0.337 e. The van der Waals surface area contributed by atoms with Crippen molar-refractivity contribution < 1.29 is 18.7 Å². The number of fused-ring (bicyclic) bond motifs is 1. The monoisotopic (exact) mass is 307 g/mol. The summed E-state index contributed by atoms with van der Waals surface area (Å²) in [6.45, 7) is 5.43. The van der Waals surface area contributed by atoms with Crippen molar-refractivity contribution in [2.45, 2.75) is 32.4 Å². The Labute approximate surface area is 130 Å². The van der Waals surface area contributed by atoms with Crippen LogP contribution in [-0.2, 0) is 22.4 Å². The number of hydrogen-bond acceptors (Lipinski definition) is 4. The Hall–Kier alpha value is -1.46. The topological polar surface area (TPSA) is 38.8 Å². The minimum atomic E-state index is -0.488. The molecule has 0 unspecified atom stereocenters. The highest BCUT2D eigenvalue weighted by atomic mass is 19.1. The molecule has 3 rings (SSSR count). The highest BCUT2D eigenvalue weighted by Gasteiger charge is 2.31. The Balaban J connectivity index is 1.86. The zero-order valence-electron chi connectivity index (χ0n) is 13.1. The number of esters is 1. The van der Waals surface area contributed by atoms with Crippen LogP contribution in [0.25, 0.3) is 0 Å². The average Bonchev–Trinajstić information content (AvgIpc) is 2.49. The second kappa shape index (κ2) is 6.34. The van der Waals surface area contributed by atoms with Gasteiger partial charge in [0.15, 0.2) is 0 Å². The van der Waals surface area contributed by atoms with Crippen LogP contribution >= 0.6 is 0 Å². The Morgan fingerprint density at radius 2 is 2.23 bits per heavy atom. The first-order chi connectivity index (χ1) is 10.6. The van der Waals surface area contributed by atoms with E-state index in [1.54, 1.807) is 6.07 Å². The van der Waals surface area contributed by atoms with Gasteiger partial charge in [-0.1, -0.05) is 6.92 Å². The molecule has 0 aromatic heterocycles. The van der Waals surface area contributed by atoms with Gasteiger partial charge >= 0.3 is 5.97 Å². The van der Waals surface area contributed by atoms with Crippen molar-refractivity contribution in [1.29, 1.82) is 0 Å². The maximum absolute atomic E-state index is 14.4. The van der Waals surface area contributed by atoms with Gasteiger partial charge in [-0.25, -0.2) is 9.18 Å². The van der Waals surface area contributed by atoms with Crippen LogP contribution in [0.15, 0.2) is 12.1 Å². The quantitative estimate of drug-likeness (QED) is 0.801. The SMILES string of the molecule is CC[C@H]1Cc2c(F)cc(C(=O)OC)cc2CN1CC1COC1. The summed E-state index contributed by atoms with van der Waals surface area (Å²) in [5.41, 5.74) is 1.95. The van der Waals surface area contributed by atoms with Gasteiger partial charge in [0.1, 0.15) is 5.82 Å². The number of methoxy groups -OCH3 is 1. The molecule has 0 amide bonds. The Morgan fingerprint density at radius 1 is 1.45 bits per heavy atom. The van der Waals surface area contributed by atoms with E-state index < -0.39 is 5.97 Å². The molecule has 0 bridgehead atoms. The summed E-state index contributed by atoms with van der Waals surface area (Å²) in [6.07, 6.45) is 1.69. The second-order valence-electron chi connectivity index (χ2n) is 6.19. The molecule has 0 aliphatic carbocycles. The maximum Gasteiger partial charge on any atom is 0.337 e. The molecule has 1 aromatic rings. The molecular weight excluding hydrogens is 285 g/mol. The van der Waals surface area contributed by atoms with E-state index in [2.05, 4.69) is 11.8 Å². The van der Waals surface area contributed by atoms with Crippen molar-refractivity contribution in [3.8, 4) is 0 Å². The van der Waals surface area contributed by atoms with Crippen molar-refractivity contribution >= 4 is 5.97 Å². The molecule has 0 spiro atoms. The highest BCUT2D eigenvalue weighted by molar-refractivity contribution is 5.89. The third-order valence-electron chi connectivity index (χ3n) is 4.71. The number of carbonyl (C=O) groups is 1. The normalized spacial score (nSPS) is 22.0. The van der Waals surface area contributed by atoms with Crippen molar-refractivity contribution in [1.82, 2.24) is 4.90 Å². The fourth-order valence-electron chi connectivity index (χ4n) is 3.35. The van der Waals surface area contributed by atoms with Crippen LogP contribution in [-0.4, -0.2) is 43.8 Å². The van der Waals surface area contributed by atoms with E-state index in [9.17, 15) is 9.18 Å². The van der Waals surface area contributed by atoms with E-state index in [0.29, 0.717) is 30.5 Å². The van der Waals surface area contributed by atoms with Gasteiger partial charge in [-0.15, -0.1) is 0 Å². The molecule has 22 heavy (non-hydrogen) atoms. The molecule has 2 aliphatic rings. The van der Waals surface area contributed by atoms with Gasteiger partial charge in [-0.2, -0.15) is 0 Å². The van der Waals surface area contributed by atoms with E-state index in [-0.39, 0.29) is 5.82 Å². The molecule has 0 N–H and O–H groups in total. The van der Waals surface area contributed by atoms with Gasteiger partial charge in [0.05, 0.1) is 25.9 Å². The third kappa shape index (κ3) is 2.88. The molecule has 1 saturated heterocycles. The molecule has 5 heteroatoms. The number of hydrogen-bond donors (Lipinski definition) is 0. The third-order valence-corrected chi connectivity index (χ3v) is 4.71. The minimum Gasteiger partial charge on any atom is -0.465 e. The van der Waals surface area contributed by atoms with E-state index in [0.717, 1.165) is 37.3 Å². The van der Waals surface area contributed by atoms with E-state index in [1.807, 2.05) is 0 Å². The average molecular weight is 307 g/mol. The van der Waals surface area contributed by atoms with Gasteiger partial charge in [-0.3, -0.25) is 4.90 Å². The number of nitrogens with zero attached hydrogens (tertiary/aromatic N) is 1. The predicted octanol–water partition coefficient (Wildman–Crippen LogP) is 2.40. The fourth-order valence-corrected chi connectivity index (χ4v) is 3.35. The number of carbonyl (C=O) groups excluding carboxylic acids is 1. The largest absolute Gasteiger partial charge is 0.465 e. The molecule has 120 valence electrons. The molecule has 1 aromatic carbocycles. The van der Waals surface area contributed by atoms with Crippen molar-refractivity contribution in [2.24, 2.45) is 5.92 Å². The van der Waals surface area contributed by atoms with Crippen molar-refractivity contribution in [2.75, 3.05) is 26.9 Å². The molecule has 4 nitrogen and oxygen atoms in total. The van der Waals surface area contributed by atoms with Crippen LogP contribution in [0.2, 0.25) is 0 Å². The second-order valence-corrected chi connectivity index (χ2v) is 6.19. The van der Waals surface area contributed by atoms with Crippen molar-refractivity contribution in [3.05, 3.63) is 34.6 Å². The van der Waals surface area contributed by atoms with Gasteiger partial charge in [0.2, 0.25) is 0 Å². The lowest BCUT2D eigenvalue weighted by Gasteiger charge is -2.40. The number of rotatable bonds is 4. The van der Waals surface area contributed by atoms with Gasteiger partial charge in [-0.05, 0) is 36.1 Å². The van der Waals surface area contributed by atoms with E-state index in [1.165, 1.54) is 13.2 Å². The zero-order valence-corrected chi connectivity index (χ0v) is 13.1. The van der Waals surface area contributed by atoms with Crippen molar-refractivity contribution in [3.63, 3.8) is 0 Å². The lowest BCUT2D eigenvalue weighted by atomic mass is 9.89. The summed E-state index contributed by atoms with van der Waals surface area (Å²) in [4.78, 5) is 14.1. The molecule has 1 atom stereocenters. The van der Waals surface area contributed by atoms with Gasteiger partial charge in [0.25, 0.3) is 0 Å². The van der Waals surface area contributed by atoms with Gasteiger partial charge < -0.3 is 9.47 Å². The highest BCUT2D eigenvalue weighted by Crippen LogP contribution is 2.30. The number of ether oxygens (including phenoxy) is 2. The van der Waals surface area contributed by atoms with Crippen LogP contribution in [0.3, 0.4) is 0 Å². The summed E-state index contributed by atoms with van der Waals surface area (Å²) >= 11 is 0. The first-order valence-corrected chi connectivity index (χ1v) is 7.83. The first kappa shape index (κ1) is 15.4. The van der Waals surface area contributed by atoms with Crippen LogP contribution in [0, 0.1) is 11.7 Å². The van der Waals surface area contributed by atoms with Gasteiger partial charge in [0, 0.05) is 25.0 Å². The summed E-state index contributed by atoms with van der Waals surface area (Å²) in [6, 6.07) is 3.43. The predicted molar refractivity (Wildman–Crippen MR) is 80.2 cm³/mol. The molecule has 2 heterocycles. The molecule has 1 fully saturated rings. The van der Waals surface area contributed by atoms with Crippen LogP contribution in [0.1, 0.15) is 34.8 Å². The Bertz CT molecular complexity index is 571. The lowest BCUT2D eigenvalue weighted by molar-refractivity contribution is -0.0544. The minimum absolute atomic E-state index is 0.289. The lowest BCUT2D eigenvalue weighted by Crippen LogP contribution is -2.47. The number of halogens is 1. The molecule has 0 saturated carbocycles. The molecule has 2 aliphatic heterocycles. The standard InChI is InChI=1S/C17H22FNO3/c1-3-14-6-15-13(8-19(14)7-11-9-22-10-11)4-12(5-16(15)18)17(20)21-2/h4-5,11,14H,3,6-10H2,1-2H3/t14-/m0/s1. The maximum atomic E-state index is 14.4. The first-order valence-electron chi connectivity index (χ1n) is 7.83. The molecular formula is C17H22FNO3. The summed E-state index contributed by atoms with van der Waals surface area (Å²) < 4.78 is 24.3. The summed E-state index contributed by atoms with van der Waals surface area (Å²) in [7, 11) is 1.32. The molecule has 0 radical (unpaired) electrons. The fraction of sp³-hybridized carbons (Fsp3) is 0.588. The number of benzene rings is 1.